The fourth-order valence-electron chi connectivity index (χ4n) is 2.70. The molecule has 2 amide bonds. The number of carbonyl (C=O) groups excluding carboxylic acids is 2. The largest absolute Gasteiger partial charge is 0.332 e. The Morgan fingerprint density at radius 3 is 2.96 bits per heavy atom. The molecule has 0 bridgehead atoms. The first-order chi connectivity index (χ1) is 11.6. The van der Waals surface area contributed by atoms with E-state index in [1.807, 2.05) is 6.07 Å². The number of thiophene rings is 1. The van der Waals surface area contributed by atoms with Gasteiger partial charge in [-0.05, 0) is 41.6 Å². The fourth-order valence-corrected chi connectivity index (χ4v) is 3.41. The van der Waals surface area contributed by atoms with Crippen LogP contribution in [0.25, 0.3) is 0 Å². The number of fused-ring (bicyclic) bond motifs is 1. The van der Waals surface area contributed by atoms with Crippen LogP contribution in [0.4, 0.5) is 10.1 Å². The van der Waals surface area contributed by atoms with Gasteiger partial charge in [-0.15, -0.1) is 11.3 Å². The van der Waals surface area contributed by atoms with Crippen LogP contribution in [0.1, 0.15) is 20.8 Å². The zero-order valence-electron chi connectivity index (χ0n) is 13.3. The molecule has 0 aliphatic carbocycles. The number of nitrogens with zero attached hydrogens (tertiary/aromatic N) is 1. The van der Waals surface area contributed by atoms with Gasteiger partial charge in [0.25, 0.3) is 5.91 Å². The lowest BCUT2D eigenvalue weighted by atomic mass is 9.99. The fraction of sp³-hybridized carbons (Fsp3) is 0.294. The van der Waals surface area contributed by atoms with Crippen molar-refractivity contribution in [3.63, 3.8) is 0 Å². The quantitative estimate of drug-likeness (QED) is 0.892. The van der Waals surface area contributed by atoms with Gasteiger partial charge in [0.05, 0.1) is 17.1 Å². The van der Waals surface area contributed by atoms with Crippen LogP contribution in [0.2, 0.25) is 0 Å². The number of halogens is 1. The van der Waals surface area contributed by atoms with Gasteiger partial charge in [0.2, 0.25) is 5.91 Å². The molecule has 2 heterocycles. The van der Waals surface area contributed by atoms with E-state index in [0.29, 0.717) is 23.4 Å². The Labute approximate surface area is 143 Å². The summed E-state index contributed by atoms with van der Waals surface area (Å²) in [7, 11) is 1.55. The van der Waals surface area contributed by atoms with Crippen LogP contribution in [0.15, 0.2) is 29.6 Å². The summed E-state index contributed by atoms with van der Waals surface area (Å²) >= 11 is 1.32. The van der Waals surface area contributed by atoms with E-state index in [1.54, 1.807) is 30.6 Å². The summed E-state index contributed by atoms with van der Waals surface area (Å²) in [5.41, 5.74) is 1.73. The molecular weight excluding hydrogens is 329 g/mol. The molecule has 0 radical (unpaired) electrons. The van der Waals surface area contributed by atoms with Crippen LogP contribution in [-0.4, -0.2) is 36.9 Å². The Bertz CT molecular complexity index is 761. The summed E-state index contributed by atoms with van der Waals surface area (Å²) in [4.78, 5) is 26.2. The smallest absolute Gasteiger partial charge is 0.264 e. The molecule has 2 N–H and O–H groups in total. The van der Waals surface area contributed by atoms with Gasteiger partial charge in [-0.1, -0.05) is 12.1 Å². The lowest BCUT2D eigenvalue weighted by Crippen LogP contribution is -2.34. The highest BCUT2D eigenvalue weighted by molar-refractivity contribution is 7.12. The van der Waals surface area contributed by atoms with Crippen molar-refractivity contribution in [2.24, 2.45) is 0 Å². The van der Waals surface area contributed by atoms with Crippen molar-refractivity contribution in [2.75, 3.05) is 25.5 Å². The number of anilines is 1. The molecule has 0 fully saturated rings. The molecule has 1 aliphatic heterocycles. The molecule has 0 unspecified atom stereocenters. The predicted octanol–water partition coefficient (Wildman–Crippen LogP) is 2.24. The molecule has 1 aromatic carbocycles. The minimum absolute atomic E-state index is 0.130. The van der Waals surface area contributed by atoms with Crippen molar-refractivity contribution in [1.82, 2.24) is 10.2 Å². The molecule has 24 heavy (non-hydrogen) atoms. The van der Waals surface area contributed by atoms with E-state index in [0.717, 1.165) is 12.1 Å². The SMILES string of the molecule is CN(CC(=O)Nc1ccc2c(c1F)CCNC2)C(=O)c1cccs1. The van der Waals surface area contributed by atoms with Gasteiger partial charge in [0.1, 0.15) is 5.82 Å². The van der Waals surface area contributed by atoms with Crippen LogP contribution in [0.5, 0.6) is 0 Å². The van der Waals surface area contributed by atoms with Crippen molar-refractivity contribution in [3.05, 3.63) is 51.5 Å². The number of likely N-dealkylation sites (N-methyl/N-ethyl adjacent to an activating group) is 1. The van der Waals surface area contributed by atoms with Crippen molar-refractivity contribution in [2.45, 2.75) is 13.0 Å². The zero-order chi connectivity index (χ0) is 17.1. The Hall–Kier alpha value is -2.25. The van der Waals surface area contributed by atoms with Gasteiger partial charge in [-0.25, -0.2) is 4.39 Å². The zero-order valence-corrected chi connectivity index (χ0v) is 14.1. The summed E-state index contributed by atoms with van der Waals surface area (Å²) in [5.74, 6) is -1.03. The van der Waals surface area contributed by atoms with Crippen molar-refractivity contribution >= 4 is 28.8 Å². The van der Waals surface area contributed by atoms with Crippen LogP contribution >= 0.6 is 11.3 Å². The van der Waals surface area contributed by atoms with Gasteiger partial charge in [0, 0.05) is 13.6 Å². The second-order valence-corrected chi connectivity index (χ2v) is 6.63. The van der Waals surface area contributed by atoms with Gasteiger partial charge < -0.3 is 15.5 Å². The first kappa shape index (κ1) is 16.6. The summed E-state index contributed by atoms with van der Waals surface area (Å²) in [6.45, 7) is 1.23. The lowest BCUT2D eigenvalue weighted by Gasteiger charge is -2.20. The van der Waals surface area contributed by atoms with E-state index in [1.165, 1.54) is 16.2 Å². The number of rotatable bonds is 4. The van der Waals surface area contributed by atoms with Gasteiger partial charge in [-0.2, -0.15) is 0 Å². The highest BCUT2D eigenvalue weighted by Crippen LogP contribution is 2.24. The molecule has 7 heteroatoms. The molecule has 0 spiro atoms. The average molecular weight is 347 g/mol. The van der Waals surface area contributed by atoms with Crippen LogP contribution in [0, 0.1) is 5.82 Å². The van der Waals surface area contributed by atoms with Gasteiger partial charge in [-0.3, -0.25) is 9.59 Å². The number of nitrogens with one attached hydrogen (secondary N) is 2. The van der Waals surface area contributed by atoms with Crippen LogP contribution in [-0.2, 0) is 17.8 Å². The minimum Gasteiger partial charge on any atom is -0.332 e. The first-order valence-electron chi connectivity index (χ1n) is 7.66. The van der Waals surface area contributed by atoms with Crippen molar-refractivity contribution in [1.29, 1.82) is 0 Å². The van der Waals surface area contributed by atoms with Gasteiger partial charge in [0.15, 0.2) is 0 Å². The molecule has 1 aliphatic rings. The number of hydrogen-bond donors (Lipinski definition) is 2. The summed E-state index contributed by atoms with van der Waals surface area (Å²) in [6.07, 6.45) is 0.599. The Morgan fingerprint density at radius 2 is 2.21 bits per heavy atom. The molecule has 0 saturated heterocycles. The van der Waals surface area contributed by atoms with E-state index < -0.39 is 5.91 Å². The predicted molar refractivity (Wildman–Crippen MR) is 91.7 cm³/mol. The molecular formula is C17H18FN3O2S. The van der Waals surface area contributed by atoms with Crippen molar-refractivity contribution in [3.8, 4) is 0 Å². The highest BCUT2D eigenvalue weighted by atomic mass is 32.1. The van der Waals surface area contributed by atoms with E-state index in [9.17, 15) is 14.0 Å². The first-order valence-corrected chi connectivity index (χ1v) is 8.54. The molecule has 126 valence electrons. The molecule has 5 nitrogen and oxygen atoms in total. The minimum atomic E-state index is -0.421. The normalized spacial score (nSPS) is 13.2. The molecule has 3 rings (SSSR count). The third kappa shape index (κ3) is 3.47. The summed E-state index contributed by atoms with van der Waals surface area (Å²) < 4.78 is 14.5. The number of carbonyl (C=O) groups is 2. The van der Waals surface area contributed by atoms with Crippen LogP contribution < -0.4 is 10.6 Å². The summed E-state index contributed by atoms with van der Waals surface area (Å²) in [6, 6.07) is 6.88. The number of hydrogen-bond acceptors (Lipinski definition) is 4. The standard InChI is InChI=1S/C17H18FN3O2S/c1-21(17(23)14-3-2-8-24-14)10-15(22)20-13-5-4-11-9-19-7-6-12(11)16(13)18/h2-5,8,19H,6-7,9-10H2,1H3,(H,20,22). The highest BCUT2D eigenvalue weighted by Gasteiger charge is 2.19. The maximum Gasteiger partial charge on any atom is 0.264 e. The van der Waals surface area contributed by atoms with Crippen LogP contribution in [0.3, 0.4) is 0 Å². The monoisotopic (exact) mass is 347 g/mol. The summed E-state index contributed by atoms with van der Waals surface area (Å²) in [5, 5.41) is 7.55. The van der Waals surface area contributed by atoms with E-state index in [-0.39, 0.29) is 24.0 Å². The molecule has 0 saturated carbocycles. The number of amides is 2. The van der Waals surface area contributed by atoms with E-state index in [2.05, 4.69) is 10.6 Å². The number of benzene rings is 1. The van der Waals surface area contributed by atoms with E-state index >= 15 is 0 Å². The average Bonchev–Trinajstić information content (AvgIpc) is 3.11. The second-order valence-electron chi connectivity index (χ2n) is 5.68. The maximum absolute atomic E-state index is 14.5. The molecule has 0 atom stereocenters. The topological polar surface area (TPSA) is 61.4 Å². The molecule has 1 aromatic heterocycles. The maximum atomic E-state index is 14.5. The third-order valence-corrected chi connectivity index (χ3v) is 4.80. The molecule has 2 aromatic rings. The van der Waals surface area contributed by atoms with Gasteiger partial charge >= 0.3 is 0 Å². The Kier molecular flexibility index (Phi) is 4.92. The third-order valence-electron chi connectivity index (χ3n) is 3.94. The second kappa shape index (κ2) is 7.11. The Balaban J connectivity index is 1.66. The van der Waals surface area contributed by atoms with Crippen molar-refractivity contribution < 1.29 is 14.0 Å². The van der Waals surface area contributed by atoms with E-state index in [4.69, 9.17) is 0 Å². The Morgan fingerprint density at radius 1 is 1.38 bits per heavy atom. The lowest BCUT2D eigenvalue weighted by molar-refractivity contribution is -0.116.